The van der Waals surface area contributed by atoms with Gasteiger partial charge in [0.05, 0.1) is 0 Å². The molecule has 0 unspecified atom stereocenters. The highest BCUT2D eigenvalue weighted by atomic mass is 16.5. The predicted octanol–water partition coefficient (Wildman–Crippen LogP) is 3.78. The third-order valence-corrected chi connectivity index (χ3v) is 7.08. The van der Waals surface area contributed by atoms with E-state index in [2.05, 4.69) is 11.4 Å². The number of para-hydroxylation sites is 1. The Morgan fingerprint density at radius 2 is 1.89 bits per heavy atom. The lowest BCUT2D eigenvalue weighted by molar-refractivity contribution is -0.144. The first-order chi connectivity index (χ1) is 16.8. The van der Waals surface area contributed by atoms with Crippen molar-refractivity contribution in [2.45, 2.75) is 66.0 Å². The Bertz CT molecular complexity index is 909. The van der Waals surface area contributed by atoms with E-state index in [1.807, 2.05) is 62.9 Å². The van der Waals surface area contributed by atoms with Crippen molar-refractivity contribution in [1.29, 1.82) is 0 Å². The van der Waals surface area contributed by atoms with Crippen LogP contribution in [0.4, 0.5) is 0 Å². The Morgan fingerprint density at radius 3 is 2.60 bits per heavy atom. The number of ether oxygens (including phenoxy) is 1. The lowest BCUT2D eigenvalue weighted by Crippen LogP contribution is -2.49. The summed E-state index contributed by atoms with van der Waals surface area (Å²) in [5, 5.41) is 2.99. The minimum Gasteiger partial charge on any atom is -0.489 e. The molecule has 1 aromatic rings. The summed E-state index contributed by atoms with van der Waals surface area (Å²) in [6.07, 6.45) is 6.78. The summed E-state index contributed by atoms with van der Waals surface area (Å²) in [6, 6.07) is 7.82. The third-order valence-electron chi connectivity index (χ3n) is 7.08. The fourth-order valence-corrected chi connectivity index (χ4v) is 5.07. The molecule has 0 radical (unpaired) electrons. The minimum atomic E-state index is -0.105. The topological polar surface area (TPSA) is 79.0 Å². The normalized spacial score (nSPS) is 21.9. The molecule has 7 nitrogen and oxygen atoms in total. The molecule has 3 amide bonds. The molecule has 3 rings (SSSR count). The molecule has 2 heterocycles. The SMILES string of the molecule is CCC(CC)C(=O)N1CC(=O)N2CC[C@@H](CC(=O)NC(C)C)[C@@H](/C=C/COc3ccccc3C1)C2. The number of rotatable bonds is 6. The Labute approximate surface area is 209 Å². The standard InChI is InChI=1S/C28H41N3O4/c1-5-21(6-2)28(34)31-18-24-10-7-8-12-25(24)35-15-9-11-23-17-30(27(33)19-31)14-13-22(23)16-26(32)29-20(3)4/h7-12,20-23H,5-6,13-19H2,1-4H3,(H,29,32)/b11-9+/t22-,23-/m0/s1. The molecule has 2 atom stereocenters. The average Bonchev–Trinajstić information content (AvgIpc) is 2.83. The quantitative estimate of drug-likeness (QED) is 0.625. The van der Waals surface area contributed by atoms with E-state index in [0.717, 1.165) is 30.6 Å². The van der Waals surface area contributed by atoms with Crippen molar-refractivity contribution < 1.29 is 19.1 Å². The van der Waals surface area contributed by atoms with Gasteiger partial charge < -0.3 is 19.9 Å². The van der Waals surface area contributed by atoms with Gasteiger partial charge in [-0.15, -0.1) is 0 Å². The van der Waals surface area contributed by atoms with Crippen LogP contribution in [0.2, 0.25) is 0 Å². The molecule has 1 N–H and O–H groups in total. The molecule has 192 valence electrons. The maximum atomic E-state index is 13.4. The molecule has 0 spiro atoms. The van der Waals surface area contributed by atoms with Crippen LogP contribution < -0.4 is 10.1 Å². The number of fused-ring (bicyclic) bond motifs is 3. The van der Waals surface area contributed by atoms with Gasteiger partial charge in [-0.1, -0.05) is 44.2 Å². The number of amides is 3. The van der Waals surface area contributed by atoms with Crippen LogP contribution in [0.5, 0.6) is 5.75 Å². The highest BCUT2D eigenvalue weighted by molar-refractivity contribution is 5.86. The highest BCUT2D eigenvalue weighted by Gasteiger charge is 2.33. The fraction of sp³-hybridized carbons (Fsp3) is 0.607. The zero-order valence-corrected chi connectivity index (χ0v) is 21.7. The molecule has 1 aromatic carbocycles. The third kappa shape index (κ3) is 7.33. The van der Waals surface area contributed by atoms with E-state index in [0.29, 0.717) is 32.7 Å². The zero-order chi connectivity index (χ0) is 25.4. The largest absolute Gasteiger partial charge is 0.489 e. The molecule has 35 heavy (non-hydrogen) atoms. The van der Waals surface area contributed by atoms with Crippen molar-refractivity contribution in [2.24, 2.45) is 17.8 Å². The number of benzene rings is 1. The summed E-state index contributed by atoms with van der Waals surface area (Å²) in [7, 11) is 0. The average molecular weight is 484 g/mol. The van der Waals surface area contributed by atoms with Crippen molar-refractivity contribution in [3.63, 3.8) is 0 Å². The van der Waals surface area contributed by atoms with Crippen LogP contribution in [-0.4, -0.2) is 59.8 Å². The van der Waals surface area contributed by atoms with E-state index in [1.165, 1.54) is 0 Å². The van der Waals surface area contributed by atoms with Crippen LogP contribution in [0.15, 0.2) is 36.4 Å². The van der Waals surface area contributed by atoms with Gasteiger partial charge in [0, 0.05) is 43.6 Å². The number of piperidine rings is 1. The van der Waals surface area contributed by atoms with Crippen molar-refractivity contribution in [3.8, 4) is 5.75 Å². The van der Waals surface area contributed by atoms with Crippen LogP contribution in [0.3, 0.4) is 0 Å². The van der Waals surface area contributed by atoms with Gasteiger partial charge in [0.1, 0.15) is 18.9 Å². The van der Waals surface area contributed by atoms with Gasteiger partial charge in [0.15, 0.2) is 0 Å². The second kappa shape index (κ2) is 12.8. The molecule has 0 saturated carbocycles. The lowest BCUT2D eigenvalue weighted by Gasteiger charge is -2.38. The van der Waals surface area contributed by atoms with Crippen molar-refractivity contribution >= 4 is 17.7 Å². The molecular weight excluding hydrogens is 442 g/mol. The summed E-state index contributed by atoms with van der Waals surface area (Å²) in [6.45, 7) is 9.90. The second-order valence-corrected chi connectivity index (χ2v) is 10.0. The fourth-order valence-electron chi connectivity index (χ4n) is 5.07. The Balaban J connectivity index is 1.86. The zero-order valence-electron chi connectivity index (χ0n) is 21.7. The summed E-state index contributed by atoms with van der Waals surface area (Å²) < 4.78 is 6.07. The number of hydrogen-bond donors (Lipinski definition) is 1. The Kier molecular flexibility index (Phi) is 9.75. The van der Waals surface area contributed by atoms with Crippen molar-refractivity contribution in [3.05, 3.63) is 42.0 Å². The van der Waals surface area contributed by atoms with Crippen LogP contribution >= 0.6 is 0 Å². The monoisotopic (exact) mass is 483 g/mol. The second-order valence-electron chi connectivity index (χ2n) is 10.0. The van der Waals surface area contributed by atoms with E-state index in [1.54, 1.807) is 4.90 Å². The number of hydrogen-bond acceptors (Lipinski definition) is 4. The molecule has 1 fully saturated rings. The number of nitrogens with one attached hydrogen (secondary N) is 1. The van der Waals surface area contributed by atoms with Crippen molar-refractivity contribution in [2.75, 3.05) is 26.2 Å². The van der Waals surface area contributed by atoms with Gasteiger partial charge in [0.2, 0.25) is 17.7 Å². The van der Waals surface area contributed by atoms with E-state index in [4.69, 9.17) is 4.74 Å². The first kappa shape index (κ1) is 26.8. The molecule has 2 aliphatic heterocycles. The Hall–Kier alpha value is -2.83. The van der Waals surface area contributed by atoms with Crippen molar-refractivity contribution in [1.82, 2.24) is 15.1 Å². The van der Waals surface area contributed by atoms with Crippen LogP contribution in [-0.2, 0) is 20.9 Å². The van der Waals surface area contributed by atoms with Crippen LogP contribution in [0, 0.1) is 17.8 Å². The first-order valence-corrected chi connectivity index (χ1v) is 13.1. The molecular formula is C28H41N3O4. The van der Waals surface area contributed by atoms with Gasteiger partial charge >= 0.3 is 0 Å². The molecule has 7 heteroatoms. The molecule has 2 aliphatic rings. The van der Waals surface area contributed by atoms with E-state index >= 15 is 0 Å². The molecule has 0 aromatic heterocycles. The highest BCUT2D eigenvalue weighted by Crippen LogP contribution is 2.29. The number of carbonyl (C=O) groups excluding carboxylic acids is 3. The smallest absolute Gasteiger partial charge is 0.242 e. The maximum absolute atomic E-state index is 13.4. The molecule has 1 saturated heterocycles. The van der Waals surface area contributed by atoms with E-state index < -0.39 is 0 Å². The van der Waals surface area contributed by atoms with Gasteiger partial charge in [-0.3, -0.25) is 14.4 Å². The predicted molar refractivity (Wildman–Crippen MR) is 137 cm³/mol. The van der Waals surface area contributed by atoms with E-state index in [9.17, 15) is 14.4 Å². The number of carbonyl (C=O) groups is 3. The summed E-state index contributed by atoms with van der Waals surface area (Å²) in [5.74, 6) is 0.872. The van der Waals surface area contributed by atoms with Gasteiger partial charge in [0.25, 0.3) is 0 Å². The summed E-state index contributed by atoms with van der Waals surface area (Å²) >= 11 is 0. The van der Waals surface area contributed by atoms with Crippen LogP contribution in [0.25, 0.3) is 0 Å². The number of nitrogens with zero attached hydrogens (tertiary/aromatic N) is 2. The molecule has 0 aliphatic carbocycles. The van der Waals surface area contributed by atoms with Gasteiger partial charge in [-0.2, -0.15) is 0 Å². The summed E-state index contributed by atoms with van der Waals surface area (Å²) in [5.41, 5.74) is 0.897. The van der Waals surface area contributed by atoms with E-state index in [-0.39, 0.29) is 48.1 Å². The first-order valence-electron chi connectivity index (χ1n) is 13.1. The lowest BCUT2D eigenvalue weighted by atomic mass is 9.82. The molecule has 2 bridgehead atoms. The Morgan fingerprint density at radius 1 is 1.14 bits per heavy atom. The maximum Gasteiger partial charge on any atom is 0.242 e. The minimum absolute atomic E-state index is 0.0166. The summed E-state index contributed by atoms with van der Waals surface area (Å²) in [4.78, 5) is 42.8. The van der Waals surface area contributed by atoms with Crippen LogP contribution in [0.1, 0.15) is 58.9 Å². The van der Waals surface area contributed by atoms with Gasteiger partial charge in [-0.25, -0.2) is 0 Å². The van der Waals surface area contributed by atoms with Gasteiger partial charge in [-0.05, 0) is 51.0 Å².